The Bertz CT molecular complexity index is 124. The van der Waals surface area contributed by atoms with Crippen LogP contribution in [0.3, 0.4) is 0 Å². The number of hydrogen-bond acceptors (Lipinski definition) is 2. The molecule has 3 nitrogen and oxygen atoms in total. The van der Waals surface area contributed by atoms with Crippen LogP contribution in [-0.4, -0.2) is 43.8 Å². The van der Waals surface area contributed by atoms with E-state index in [4.69, 9.17) is 0 Å². The summed E-state index contributed by atoms with van der Waals surface area (Å²) in [5, 5.41) is 8.02. The fraction of sp³-hybridized carbons (Fsp3) is 1.00. The summed E-state index contributed by atoms with van der Waals surface area (Å²) >= 11 is 0. The first-order valence-electron chi connectivity index (χ1n) is 5.08. The van der Waals surface area contributed by atoms with E-state index in [2.05, 4.69) is 15.5 Å². The molecule has 2 fully saturated rings. The fourth-order valence-corrected chi connectivity index (χ4v) is 2.07. The largest absolute Gasteiger partial charge is 0.315 e. The van der Waals surface area contributed by atoms with Crippen molar-refractivity contribution in [2.24, 2.45) is 0 Å². The van der Waals surface area contributed by atoms with Crippen molar-refractivity contribution in [2.75, 3.05) is 32.7 Å². The van der Waals surface area contributed by atoms with Gasteiger partial charge in [-0.15, -0.1) is 0 Å². The maximum Gasteiger partial charge on any atom is 0.0761 e. The molecule has 0 saturated carbocycles. The van der Waals surface area contributed by atoms with Gasteiger partial charge in [-0.2, -0.15) is 0 Å². The zero-order chi connectivity index (χ0) is 8.23. The van der Waals surface area contributed by atoms with Crippen LogP contribution < -0.4 is 10.6 Å². The van der Waals surface area contributed by atoms with E-state index in [0.29, 0.717) is 6.17 Å². The van der Waals surface area contributed by atoms with E-state index in [1.165, 1.54) is 38.9 Å². The molecule has 0 amide bonds. The zero-order valence-electron chi connectivity index (χ0n) is 7.63. The molecule has 0 aromatic rings. The minimum atomic E-state index is 0.560. The van der Waals surface area contributed by atoms with Gasteiger partial charge in [-0.25, -0.2) is 5.32 Å². The highest BCUT2D eigenvalue weighted by Crippen LogP contribution is 2.12. The highest BCUT2D eigenvalue weighted by atomic mass is 15.3. The third kappa shape index (κ3) is 1.97. The van der Waals surface area contributed by atoms with Gasteiger partial charge in [0.2, 0.25) is 0 Å². The van der Waals surface area contributed by atoms with E-state index >= 15 is 0 Å². The average Bonchev–Trinajstić information content (AvgIpc) is 2.48. The Morgan fingerprint density at radius 2 is 2.17 bits per heavy atom. The molecule has 2 saturated heterocycles. The minimum absolute atomic E-state index is 0.560. The summed E-state index contributed by atoms with van der Waals surface area (Å²) in [4.78, 5) is 2.53. The van der Waals surface area contributed by atoms with Gasteiger partial charge in [0.05, 0.1) is 6.17 Å². The van der Waals surface area contributed by atoms with Crippen LogP contribution in [0.2, 0.25) is 0 Å². The second-order valence-corrected chi connectivity index (χ2v) is 3.67. The quantitative estimate of drug-likeness (QED) is 0.597. The Balaban J connectivity index is 1.83. The summed E-state index contributed by atoms with van der Waals surface area (Å²) in [6, 6.07) is 0. The lowest BCUT2D eigenvalue weighted by molar-refractivity contribution is 0.191. The first kappa shape index (κ1) is 8.48. The van der Waals surface area contributed by atoms with E-state index in [1.54, 1.807) is 0 Å². The molecule has 1 radical (unpaired) electrons. The first-order chi connectivity index (χ1) is 5.97. The van der Waals surface area contributed by atoms with Crippen molar-refractivity contribution in [2.45, 2.75) is 25.4 Å². The van der Waals surface area contributed by atoms with E-state index in [0.717, 1.165) is 13.1 Å². The lowest BCUT2D eigenvalue weighted by Gasteiger charge is -2.25. The predicted molar refractivity (Wildman–Crippen MR) is 49.1 cm³/mol. The molecule has 0 aromatic carbocycles. The Morgan fingerprint density at radius 3 is 3.00 bits per heavy atom. The molecular formula is C9H18N3. The summed E-state index contributed by atoms with van der Waals surface area (Å²) in [6.45, 7) is 5.85. The molecule has 0 aromatic heterocycles. The average molecular weight is 168 g/mol. The summed E-state index contributed by atoms with van der Waals surface area (Å²) < 4.78 is 0. The van der Waals surface area contributed by atoms with Crippen molar-refractivity contribution in [1.82, 2.24) is 15.5 Å². The van der Waals surface area contributed by atoms with Gasteiger partial charge in [0.15, 0.2) is 0 Å². The lowest BCUT2D eigenvalue weighted by atomic mass is 10.3. The molecule has 3 heteroatoms. The van der Waals surface area contributed by atoms with Crippen LogP contribution in [0.25, 0.3) is 0 Å². The molecule has 0 bridgehead atoms. The van der Waals surface area contributed by atoms with Gasteiger partial charge in [-0.1, -0.05) is 0 Å². The second kappa shape index (κ2) is 4.21. The summed E-state index contributed by atoms with van der Waals surface area (Å²) in [7, 11) is 0. The summed E-state index contributed by atoms with van der Waals surface area (Å²) in [6.07, 6.45) is 4.44. The van der Waals surface area contributed by atoms with Crippen LogP contribution in [0.15, 0.2) is 0 Å². The molecule has 1 atom stereocenters. The SMILES string of the molecule is C1C[N]C(N2CCCNCC2)C1. The van der Waals surface area contributed by atoms with Gasteiger partial charge in [0.1, 0.15) is 0 Å². The summed E-state index contributed by atoms with van der Waals surface area (Å²) in [5.74, 6) is 0. The van der Waals surface area contributed by atoms with E-state index in [9.17, 15) is 0 Å². The molecule has 1 unspecified atom stereocenters. The third-order valence-electron chi connectivity index (χ3n) is 2.76. The van der Waals surface area contributed by atoms with Gasteiger partial charge >= 0.3 is 0 Å². The van der Waals surface area contributed by atoms with Gasteiger partial charge in [-0.3, -0.25) is 4.90 Å². The minimum Gasteiger partial charge on any atom is -0.315 e. The van der Waals surface area contributed by atoms with Crippen LogP contribution >= 0.6 is 0 Å². The van der Waals surface area contributed by atoms with Crippen molar-refractivity contribution in [3.8, 4) is 0 Å². The van der Waals surface area contributed by atoms with Crippen LogP contribution in [-0.2, 0) is 0 Å². The predicted octanol–water partition coefficient (Wildman–Crippen LogP) is 0.00600. The molecular weight excluding hydrogens is 150 g/mol. The van der Waals surface area contributed by atoms with Gasteiger partial charge < -0.3 is 5.32 Å². The van der Waals surface area contributed by atoms with Crippen molar-refractivity contribution in [1.29, 1.82) is 0 Å². The van der Waals surface area contributed by atoms with E-state index in [-0.39, 0.29) is 0 Å². The fourth-order valence-electron chi connectivity index (χ4n) is 2.07. The molecule has 2 rings (SSSR count). The van der Waals surface area contributed by atoms with Crippen molar-refractivity contribution in [3.63, 3.8) is 0 Å². The molecule has 12 heavy (non-hydrogen) atoms. The van der Waals surface area contributed by atoms with Gasteiger partial charge in [0.25, 0.3) is 0 Å². The standard InChI is InChI=1S/C9H18N3/c1-3-9(11-5-1)12-7-2-4-10-6-8-12/h9-10H,1-8H2. The molecule has 2 heterocycles. The maximum atomic E-state index is 4.60. The zero-order valence-corrected chi connectivity index (χ0v) is 7.63. The van der Waals surface area contributed by atoms with Crippen molar-refractivity contribution < 1.29 is 0 Å². The Hall–Kier alpha value is -0.120. The van der Waals surface area contributed by atoms with E-state index in [1.807, 2.05) is 0 Å². The number of rotatable bonds is 1. The second-order valence-electron chi connectivity index (χ2n) is 3.67. The first-order valence-corrected chi connectivity index (χ1v) is 5.08. The van der Waals surface area contributed by atoms with Crippen LogP contribution in [0.1, 0.15) is 19.3 Å². The molecule has 69 valence electrons. The monoisotopic (exact) mass is 168 g/mol. The smallest absolute Gasteiger partial charge is 0.0761 e. The van der Waals surface area contributed by atoms with Crippen molar-refractivity contribution >= 4 is 0 Å². The van der Waals surface area contributed by atoms with Crippen LogP contribution in [0, 0.1) is 0 Å². The summed E-state index contributed by atoms with van der Waals surface area (Å²) in [5.41, 5.74) is 0. The molecule has 2 aliphatic heterocycles. The highest BCUT2D eigenvalue weighted by Gasteiger charge is 2.23. The van der Waals surface area contributed by atoms with Gasteiger partial charge in [0, 0.05) is 26.2 Å². The Kier molecular flexibility index (Phi) is 2.98. The number of nitrogens with zero attached hydrogens (tertiary/aromatic N) is 2. The van der Waals surface area contributed by atoms with Crippen LogP contribution in [0.4, 0.5) is 0 Å². The van der Waals surface area contributed by atoms with E-state index < -0.39 is 0 Å². The van der Waals surface area contributed by atoms with Crippen LogP contribution in [0.5, 0.6) is 0 Å². The highest BCUT2D eigenvalue weighted by molar-refractivity contribution is 4.77. The Morgan fingerprint density at radius 1 is 1.17 bits per heavy atom. The topological polar surface area (TPSA) is 29.4 Å². The van der Waals surface area contributed by atoms with Crippen molar-refractivity contribution in [3.05, 3.63) is 0 Å². The molecule has 2 aliphatic rings. The molecule has 0 spiro atoms. The van der Waals surface area contributed by atoms with Gasteiger partial charge in [-0.05, 0) is 25.8 Å². The molecule has 1 N–H and O–H groups in total. The molecule has 0 aliphatic carbocycles. The normalized spacial score (nSPS) is 33.5. The number of hydrogen-bond donors (Lipinski definition) is 1. The lowest BCUT2D eigenvalue weighted by Crippen LogP contribution is -2.40. The Labute approximate surface area is 74.5 Å². The number of nitrogens with one attached hydrogen (secondary N) is 1. The maximum absolute atomic E-state index is 4.60. The third-order valence-corrected chi connectivity index (χ3v) is 2.76.